The van der Waals surface area contributed by atoms with Gasteiger partial charge in [-0.1, -0.05) is 26.0 Å². The van der Waals surface area contributed by atoms with E-state index in [-0.39, 0.29) is 5.82 Å². The second-order valence-electron chi connectivity index (χ2n) is 4.78. The van der Waals surface area contributed by atoms with Gasteiger partial charge in [-0.05, 0) is 29.5 Å². The summed E-state index contributed by atoms with van der Waals surface area (Å²) in [6, 6.07) is 6.84. The maximum atomic E-state index is 12.7. The van der Waals surface area contributed by atoms with Crippen molar-refractivity contribution in [2.45, 2.75) is 20.4 Å². The summed E-state index contributed by atoms with van der Waals surface area (Å²) in [7, 11) is 0. The predicted octanol–water partition coefficient (Wildman–Crippen LogP) is 2.91. The number of benzene rings is 1. The number of halogens is 1. The van der Waals surface area contributed by atoms with Gasteiger partial charge in [-0.25, -0.2) is 4.39 Å². The molecular formula is C13H18FN. The Morgan fingerprint density at radius 3 is 2.20 bits per heavy atom. The Labute approximate surface area is 90.9 Å². The molecule has 0 spiro atoms. The summed E-state index contributed by atoms with van der Waals surface area (Å²) in [6.07, 6.45) is 0. The Morgan fingerprint density at radius 2 is 1.67 bits per heavy atom. The van der Waals surface area contributed by atoms with E-state index in [2.05, 4.69) is 18.7 Å². The van der Waals surface area contributed by atoms with E-state index in [1.165, 1.54) is 30.8 Å². The molecule has 0 bridgehead atoms. The van der Waals surface area contributed by atoms with Gasteiger partial charge in [0.25, 0.3) is 0 Å². The largest absolute Gasteiger partial charge is 0.299 e. The minimum absolute atomic E-state index is 0.151. The standard InChI is InChI=1S/C13H18FN/c1-10-7-15(8-11(10)2)9-12-3-5-13(14)6-4-12/h3-6,10-11H,7-9H2,1-2H3/t10-,11+. The highest BCUT2D eigenvalue weighted by Crippen LogP contribution is 2.23. The fourth-order valence-corrected chi connectivity index (χ4v) is 2.23. The van der Waals surface area contributed by atoms with Crippen LogP contribution in [0.4, 0.5) is 4.39 Å². The zero-order valence-electron chi connectivity index (χ0n) is 9.41. The van der Waals surface area contributed by atoms with Crippen LogP contribution < -0.4 is 0 Å². The van der Waals surface area contributed by atoms with E-state index in [4.69, 9.17) is 0 Å². The van der Waals surface area contributed by atoms with Crippen LogP contribution in [0.1, 0.15) is 19.4 Å². The van der Waals surface area contributed by atoms with Gasteiger partial charge in [0.2, 0.25) is 0 Å². The van der Waals surface area contributed by atoms with Gasteiger partial charge < -0.3 is 0 Å². The van der Waals surface area contributed by atoms with Gasteiger partial charge in [-0.15, -0.1) is 0 Å². The molecule has 0 aliphatic carbocycles. The maximum absolute atomic E-state index is 12.7. The van der Waals surface area contributed by atoms with Crippen LogP contribution in [0.15, 0.2) is 24.3 Å². The lowest BCUT2D eigenvalue weighted by atomic mass is 10.0. The molecule has 1 aliphatic heterocycles. The van der Waals surface area contributed by atoms with Gasteiger partial charge in [-0.2, -0.15) is 0 Å². The molecule has 0 amide bonds. The van der Waals surface area contributed by atoms with Crippen LogP contribution in [0.3, 0.4) is 0 Å². The molecule has 1 heterocycles. The molecule has 1 fully saturated rings. The number of rotatable bonds is 2. The van der Waals surface area contributed by atoms with Crippen LogP contribution in [-0.4, -0.2) is 18.0 Å². The van der Waals surface area contributed by atoms with Gasteiger partial charge in [-0.3, -0.25) is 4.90 Å². The molecule has 0 saturated carbocycles. The first-order valence-corrected chi connectivity index (χ1v) is 5.62. The molecule has 0 unspecified atom stereocenters. The van der Waals surface area contributed by atoms with E-state index >= 15 is 0 Å². The molecule has 0 radical (unpaired) electrons. The first-order valence-electron chi connectivity index (χ1n) is 5.62. The zero-order chi connectivity index (χ0) is 10.8. The second kappa shape index (κ2) is 4.31. The zero-order valence-corrected chi connectivity index (χ0v) is 9.41. The molecular weight excluding hydrogens is 189 g/mol. The molecule has 2 atom stereocenters. The average Bonchev–Trinajstić information content (AvgIpc) is 2.50. The summed E-state index contributed by atoms with van der Waals surface area (Å²) < 4.78 is 12.7. The third kappa shape index (κ3) is 2.57. The van der Waals surface area contributed by atoms with Crippen molar-refractivity contribution in [3.05, 3.63) is 35.6 Å². The summed E-state index contributed by atoms with van der Waals surface area (Å²) in [5, 5.41) is 0. The average molecular weight is 207 g/mol. The third-order valence-corrected chi connectivity index (χ3v) is 3.38. The molecule has 1 aromatic rings. The van der Waals surface area contributed by atoms with Crippen LogP contribution >= 0.6 is 0 Å². The molecule has 0 N–H and O–H groups in total. The van der Waals surface area contributed by atoms with Crippen molar-refractivity contribution in [3.8, 4) is 0 Å². The van der Waals surface area contributed by atoms with E-state index in [9.17, 15) is 4.39 Å². The molecule has 1 saturated heterocycles. The summed E-state index contributed by atoms with van der Waals surface area (Å²) >= 11 is 0. The van der Waals surface area contributed by atoms with Crippen LogP contribution in [0.2, 0.25) is 0 Å². The molecule has 2 rings (SSSR count). The number of likely N-dealkylation sites (tertiary alicyclic amines) is 1. The molecule has 1 aliphatic rings. The Hall–Kier alpha value is -0.890. The summed E-state index contributed by atoms with van der Waals surface area (Å²) in [5.41, 5.74) is 1.21. The van der Waals surface area contributed by atoms with E-state index < -0.39 is 0 Å². The number of hydrogen-bond acceptors (Lipinski definition) is 1. The molecule has 2 heteroatoms. The smallest absolute Gasteiger partial charge is 0.123 e. The second-order valence-corrected chi connectivity index (χ2v) is 4.78. The number of nitrogens with zero attached hydrogens (tertiary/aromatic N) is 1. The highest BCUT2D eigenvalue weighted by atomic mass is 19.1. The SMILES string of the molecule is C[C@@H]1CN(Cc2ccc(F)cc2)C[C@@H]1C. The van der Waals surface area contributed by atoms with E-state index in [1.54, 1.807) is 0 Å². The molecule has 1 aromatic carbocycles. The Kier molecular flexibility index (Phi) is 3.06. The highest BCUT2D eigenvalue weighted by Gasteiger charge is 2.25. The van der Waals surface area contributed by atoms with Crippen molar-refractivity contribution in [3.63, 3.8) is 0 Å². The van der Waals surface area contributed by atoms with E-state index in [0.717, 1.165) is 18.4 Å². The first-order chi connectivity index (χ1) is 7.15. The van der Waals surface area contributed by atoms with Gasteiger partial charge >= 0.3 is 0 Å². The summed E-state index contributed by atoms with van der Waals surface area (Å²) in [4.78, 5) is 2.45. The molecule has 0 aromatic heterocycles. The first kappa shape index (κ1) is 10.6. The predicted molar refractivity (Wildman–Crippen MR) is 60.0 cm³/mol. The maximum Gasteiger partial charge on any atom is 0.123 e. The molecule has 15 heavy (non-hydrogen) atoms. The van der Waals surface area contributed by atoms with E-state index in [1.807, 2.05) is 12.1 Å². The quantitative estimate of drug-likeness (QED) is 0.720. The monoisotopic (exact) mass is 207 g/mol. The highest BCUT2D eigenvalue weighted by molar-refractivity contribution is 5.16. The van der Waals surface area contributed by atoms with Crippen molar-refractivity contribution in [2.75, 3.05) is 13.1 Å². The minimum atomic E-state index is -0.151. The Morgan fingerprint density at radius 1 is 1.13 bits per heavy atom. The molecule has 82 valence electrons. The fraction of sp³-hybridized carbons (Fsp3) is 0.538. The minimum Gasteiger partial charge on any atom is -0.299 e. The lowest BCUT2D eigenvalue weighted by Crippen LogP contribution is -2.19. The van der Waals surface area contributed by atoms with Gasteiger partial charge in [0, 0.05) is 19.6 Å². The lowest BCUT2D eigenvalue weighted by Gasteiger charge is -2.15. The van der Waals surface area contributed by atoms with Gasteiger partial charge in [0.1, 0.15) is 5.82 Å². The normalized spacial score (nSPS) is 27.1. The fourth-order valence-electron chi connectivity index (χ4n) is 2.23. The number of hydrogen-bond donors (Lipinski definition) is 0. The van der Waals surface area contributed by atoms with E-state index in [0.29, 0.717) is 0 Å². The van der Waals surface area contributed by atoms with Crippen molar-refractivity contribution >= 4 is 0 Å². The summed E-state index contributed by atoms with van der Waals surface area (Å²) in [6.45, 7) is 7.89. The van der Waals surface area contributed by atoms with Crippen LogP contribution in [-0.2, 0) is 6.54 Å². The van der Waals surface area contributed by atoms with Crippen molar-refractivity contribution in [2.24, 2.45) is 11.8 Å². The topological polar surface area (TPSA) is 3.24 Å². The third-order valence-electron chi connectivity index (χ3n) is 3.38. The van der Waals surface area contributed by atoms with Crippen LogP contribution in [0.5, 0.6) is 0 Å². The van der Waals surface area contributed by atoms with Crippen molar-refractivity contribution in [1.82, 2.24) is 4.90 Å². The van der Waals surface area contributed by atoms with Crippen LogP contribution in [0, 0.1) is 17.7 Å². The van der Waals surface area contributed by atoms with Crippen LogP contribution in [0.25, 0.3) is 0 Å². The van der Waals surface area contributed by atoms with Gasteiger partial charge in [0.15, 0.2) is 0 Å². The Balaban J connectivity index is 1.95. The van der Waals surface area contributed by atoms with Crippen molar-refractivity contribution in [1.29, 1.82) is 0 Å². The summed E-state index contributed by atoms with van der Waals surface area (Å²) in [5.74, 6) is 1.41. The van der Waals surface area contributed by atoms with Crippen molar-refractivity contribution < 1.29 is 4.39 Å². The molecule has 1 nitrogen and oxygen atoms in total. The lowest BCUT2D eigenvalue weighted by molar-refractivity contribution is 0.316. The Bertz CT molecular complexity index is 310. The van der Waals surface area contributed by atoms with Gasteiger partial charge in [0.05, 0.1) is 0 Å².